The molecule has 3 aliphatic heterocycles. The molecule has 0 atom stereocenters. The number of carbonyl (C=O) groups excluding carboxylic acids is 1. The number of fused-ring (bicyclic) bond motifs is 1. The first-order chi connectivity index (χ1) is 11.8. The fraction of sp³-hybridized carbons (Fsp3) is 0.588. The minimum Gasteiger partial charge on any atom is -0.309 e. The molecule has 7 nitrogen and oxygen atoms in total. The zero-order valence-corrected chi connectivity index (χ0v) is 13.8. The highest BCUT2D eigenvalue weighted by Gasteiger charge is 2.31. The monoisotopic (exact) mass is 326 g/mol. The lowest BCUT2D eigenvalue weighted by Crippen LogP contribution is -2.47. The van der Waals surface area contributed by atoms with Crippen LogP contribution in [0.3, 0.4) is 0 Å². The highest BCUT2D eigenvalue weighted by atomic mass is 16.2. The van der Waals surface area contributed by atoms with Crippen molar-refractivity contribution in [1.82, 2.24) is 24.5 Å². The van der Waals surface area contributed by atoms with Crippen LogP contribution in [-0.2, 0) is 24.3 Å². The lowest BCUT2D eigenvalue weighted by molar-refractivity contribution is -0.117. The molecule has 7 heteroatoms. The third-order valence-electron chi connectivity index (χ3n) is 5.39. The zero-order chi connectivity index (χ0) is 16.1. The fourth-order valence-electron chi connectivity index (χ4n) is 4.05. The summed E-state index contributed by atoms with van der Waals surface area (Å²) in [6.07, 6.45) is 7.87. The number of rotatable bonds is 4. The molecule has 5 rings (SSSR count). The van der Waals surface area contributed by atoms with Gasteiger partial charge in [0, 0.05) is 51.0 Å². The van der Waals surface area contributed by atoms with E-state index in [0.717, 1.165) is 44.8 Å². The number of carbonyl (C=O) groups is 1. The molecule has 0 unspecified atom stereocenters. The van der Waals surface area contributed by atoms with E-state index in [1.807, 2.05) is 22.0 Å². The second-order valence-electron chi connectivity index (χ2n) is 7.13. The van der Waals surface area contributed by atoms with Crippen LogP contribution in [0.5, 0.6) is 0 Å². The average Bonchev–Trinajstić information content (AvgIpc) is 3.25. The van der Waals surface area contributed by atoms with Gasteiger partial charge >= 0.3 is 0 Å². The van der Waals surface area contributed by atoms with E-state index in [2.05, 4.69) is 25.8 Å². The van der Waals surface area contributed by atoms with Crippen molar-refractivity contribution >= 4 is 11.6 Å². The number of likely N-dealkylation sites (tertiary alicyclic amines) is 1. The number of amides is 1. The Balaban J connectivity index is 1.19. The van der Waals surface area contributed by atoms with Gasteiger partial charge in [0.25, 0.3) is 0 Å². The Morgan fingerprint density at radius 3 is 2.83 bits per heavy atom. The molecule has 2 aromatic rings. The van der Waals surface area contributed by atoms with Gasteiger partial charge in [-0.3, -0.25) is 19.1 Å². The predicted octanol–water partition coefficient (Wildman–Crippen LogP) is 1.21. The van der Waals surface area contributed by atoms with Crippen molar-refractivity contribution in [1.29, 1.82) is 0 Å². The summed E-state index contributed by atoms with van der Waals surface area (Å²) in [6, 6.07) is 2.66. The number of hydrogen-bond acceptors (Lipinski definition) is 4. The van der Waals surface area contributed by atoms with Crippen molar-refractivity contribution in [2.24, 2.45) is 0 Å². The molecule has 0 aliphatic carbocycles. The number of aryl methyl sites for hydroxylation is 2. The summed E-state index contributed by atoms with van der Waals surface area (Å²) >= 11 is 0. The van der Waals surface area contributed by atoms with E-state index in [0.29, 0.717) is 12.5 Å². The van der Waals surface area contributed by atoms with E-state index in [4.69, 9.17) is 0 Å². The van der Waals surface area contributed by atoms with Gasteiger partial charge in [0.05, 0.1) is 23.6 Å². The summed E-state index contributed by atoms with van der Waals surface area (Å²) in [6.45, 7) is 4.82. The molecule has 126 valence electrons. The average molecular weight is 326 g/mol. The molecule has 2 fully saturated rings. The molecule has 3 aliphatic rings. The van der Waals surface area contributed by atoms with Gasteiger partial charge in [-0.25, -0.2) is 0 Å². The highest BCUT2D eigenvalue weighted by Crippen LogP contribution is 2.27. The van der Waals surface area contributed by atoms with Crippen molar-refractivity contribution in [3.8, 4) is 0 Å². The molecule has 24 heavy (non-hydrogen) atoms. The maximum Gasteiger partial charge on any atom is 0.227 e. The SMILES string of the molecule is O=C1CCCN1c1cnn(C2CN(Cc3cc4n(n3)CCC4)C2)c1. The van der Waals surface area contributed by atoms with Gasteiger partial charge in [-0.2, -0.15) is 10.2 Å². The Morgan fingerprint density at radius 2 is 2.04 bits per heavy atom. The van der Waals surface area contributed by atoms with Crippen molar-refractivity contribution in [2.45, 2.75) is 44.8 Å². The summed E-state index contributed by atoms with van der Waals surface area (Å²) in [5.74, 6) is 0.220. The van der Waals surface area contributed by atoms with E-state index < -0.39 is 0 Å². The van der Waals surface area contributed by atoms with Crippen LogP contribution in [0.25, 0.3) is 0 Å². The second-order valence-corrected chi connectivity index (χ2v) is 7.13. The molecule has 2 aromatic heterocycles. The summed E-state index contributed by atoms with van der Waals surface area (Å²) in [7, 11) is 0. The molecular weight excluding hydrogens is 304 g/mol. The lowest BCUT2D eigenvalue weighted by atomic mass is 10.1. The molecule has 0 aromatic carbocycles. The molecular formula is C17H22N6O. The number of anilines is 1. The van der Waals surface area contributed by atoms with Crippen LogP contribution in [0.4, 0.5) is 5.69 Å². The second kappa shape index (κ2) is 5.44. The largest absolute Gasteiger partial charge is 0.309 e. The van der Waals surface area contributed by atoms with Gasteiger partial charge in [0.1, 0.15) is 0 Å². The normalized spacial score (nSPS) is 21.5. The topological polar surface area (TPSA) is 59.2 Å². The van der Waals surface area contributed by atoms with Gasteiger partial charge in [-0.05, 0) is 25.3 Å². The standard InChI is InChI=1S/C17H22N6O/c24-17-4-2-5-21(17)15-8-18-23(12-15)16-10-20(11-16)9-13-7-14-3-1-6-22(14)19-13/h7-8,12,16H,1-6,9-11H2. The summed E-state index contributed by atoms with van der Waals surface area (Å²) in [5.41, 5.74) is 3.52. The van der Waals surface area contributed by atoms with E-state index in [1.165, 1.54) is 24.2 Å². The van der Waals surface area contributed by atoms with Crippen LogP contribution in [0, 0.1) is 0 Å². The predicted molar refractivity (Wildman–Crippen MR) is 88.7 cm³/mol. The van der Waals surface area contributed by atoms with E-state index >= 15 is 0 Å². The molecule has 0 saturated carbocycles. The maximum absolute atomic E-state index is 11.8. The molecule has 0 spiro atoms. The van der Waals surface area contributed by atoms with Crippen LogP contribution in [0.2, 0.25) is 0 Å². The third-order valence-corrected chi connectivity index (χ3v) is 5.39. The number of aromatic nitrogens is 4. The highest BCUT2D eigenvalue weighted by molar-refractivity contribution is 5.95. The first-order valence-electron chi connectivity index (χ1n) is 8.89. The smallest absolute Gasteiger partial charge is 0.227 e. The van der Waals surface area contributed by atoms with Gasteiger partial charge in [-0.1, -0.05) is 0 Å². The molecule has 0 radical (unpaired) electrons. The molecule has 0 bridgehead atoms. The van der Waals surface area contributed by atoms with Crippen LogP contribution >= 0.6 is 0 Å². The van der Waals surface area contributed by atoms with Gasteiger partial charge in [0.2, 0.25) is 5.91 Å². The Labute approximate surface area is 140 Å². The first kappa shape index (κ1) is 14.2. The third kappa shape index (κ3) is 2.34. The van der Waals surface area contributed by atoms with Crippen LogP contribution < -0.4 is 4.90 Å². The Morgan fingerprint density at radius 1 is 1.17 bits per heavy atom. The molecule has 2 saturated heterocycles. The number of nitrogens with zero attached hydrogens (tertiary/aromatic N) is 6. The quantitative estimate of drug-likeness (QED) is 0.847. The number of hydrogen-bond donors (Lipinski definition) is 0. The van der Waals surface area contributed by atoms with Crippen molar-refractivity contribution in [2.75, 3.05) is 24.5 Å². The molecule has 5 heterocycles. The fourth-order valence-corrected chi connectivity index (χ4v) is 4.05. The van der Waals surface area contributed by atoms with Crippen molar-refractivity contribution in [3.05, 3.63) is 29.8 Å². The maximum atomic E-state index is 11.8. The van der Waals surface area contributed by atoms with Crippen LogP contribution in [0.15, 0.2) is 18.5 Å². The summed E-state index contributed by atoms with van der Waals surface area (Å²) < 4.78 is 4.17. The van der Waals surface area contributed by atoms with Gasteiger partial charge in [-0.15, -0.1) is 0 Å². The first-order valence-corrected chi connectivity index (χ1v) is 8.89. The molecule has 1 amide bonds. The van der Waals surface area contributed by atoms with Crippen molar-refractivity contribution < 1.29 is 4.79 Å². The van der Waals surface area contributed by atoms with Crippen LogP contribution in [-0.4, -0.2) is 50.0 Å². The van der Waals surface area contributed by atoms with E-state index in [9.17, 15) is 4.79 Å². The minimum atomic E-state index is 0.220. The van der Waals surface area contributed by atoms with Crippen LogP contribution in [0.1, 0.15) is 36.7 Å². The minimum absolute atomic E-state index is 0.220. The summed E-state index contributed by atoms with van der Waals surface area (Å²) in [5, 5.41) is 9.16. The summed E-state index contributed by atoms with van der Waals surface area (Å²) in [4.78, 5) is 16.1. The zero-order valence-electron chi connectivity index (χ0n) is 13.8. The van der Waals surface area contributed by atoms with Crippen molar-refractivity contribution in [3.63, 3.8) is 0 Å². The Kier molecular flexibility index (Phi) is 3.22. The van der Waals surface area contributed by atoms with E-state index in [1.54, 1.807) is 0 Å². The van der Waals surface area contributed by atoms with Gasteiger partial charge in [0.15, 0.2) is 0 Å². The molecule has 0 N–H and O–H groups in total. The lowest BCUT2D eigenvalue weighted by Gasteiger charge is -2.38. The van der Waals surface area contributed by atoms with Gasteiger partial charge < -0.3 is 4.90 Å². The Bertz CT molecular complexity index is 750. The Hall–Kier alpha value is -2.15. The van der Waals surface area contributed by atoms with E-state index in [-0.39, 0.29) is 5.91 Å².